The zero-order valence-electron chi connectivity index (χ0n) is 37.2. The molecule has 0 aromatic carbocycles. The molecule has 0 radical (unpaired) electrons. The van der Waals surface area contributed by atoms with Crippen molar-refractivity contribution in [3.05, 3.63) is 34.3 Å². The van der Waals surface area contributed by atoms with E-state index in [1.54, 1.807) is 47.6 Å². The molecule has 0 spiro atoms. The van der Waals surface area contributed by atoms with Crippen LogP contribution in [0.25, 0.3) is 0 Å². The first-order chi connectivity index (χ1) is 29.0. The van der Waals surface area contributed by atoms with Crippen molar-refractivity contribution >= 4 is 53.2 Å². The molecule has 5 heterocycles. The molecular formula is C45H62N4O14. The number of carboxylic acids is 7. The van der Waals surface area contributed by atoms with Gasteiger partial charge in [-0.05, 0) is 75.0 Å². The van der Waals surface area contributed by atoms with Gasteiger partial charge >= 0.3 is 41.8 Å². The van der Waals surface area contributed by atoms with Gasteiger partial charge in [0.1, 0.15) is 0 Å². The van der Waals surface area contributed by atoms with Crippen LogP contribution in [0.1, 0.15) is 126 Å². The molecule has 2 saturated heterocycles. The van der Waals surface area contributed by atoms with Crippen LogP contribution in [0.15, 0.2) is 44.3 Å². The van der Waals surface area contributed by atoms with E-state index in [4.69, 9.17) is 9.98 Å². The van der Waals surface area contributed by atoms with E-state index in [1.807, 2.05) is 13.8 Å². The van der Waals surface area contributed by atoms with Gasteiger partial charge in [0.2, 0.25) is 0 Å². The van der Waals surface area contributed by atoms with Crippen LogP contribution in [0, 0.1) is 45.3 Å². The Labute approximate surface area is 365 Å². The maximum absolute atomic E-state index is 13.1. The van der Waals surface area contributed by atoms with Gasteiger partial charge in [-0.25, -0.2) is 0 Å². The second kappa shape index (κ2) is 17.3. The Hall–Kier alpha value is -5.39. The van der Waals surface area contributed by atoms with Gasteiger partial charge in [0, 0.05) is 100 Å². The number of allylic oxidation sites excluding steroid dienone is 5. The Morgan fingerprint density at radius 2 is 1.22 bits per heavy atom. The number of hydrogen-bond donors (Lipinski definition) is 9. The predicted octanol–water partition coefficient (Wildman–Crippen LogP) is 5.44. The lowest BCUT2D eigenvalue weighted by atomic mass is 9.59. The van der Waals surface area contributed by atoms with Gasteiger partial charge in [-0.3, -0.25) is 43.5 Å². The quantitative estimate of drug-likeness (QED) is 0.0828. The molecule has 0 saturated carbocycles. The standard InChI is InChI=1S/C45H62N4O14/c1-21-36-24(10-13-30(52)53)41(3,4)28(47-36)18-27-23(9-12-29(50)51)43(6,19-34(60)61)39(46-27)22(2)37-25(11-14-31(54)55)44(7,20-35(62)63)45(8,49-37)40-26(17-33(58)59)42(5,38(21)48-40)16-15-32(56)57/h18,23-26,38,40,46,48H,9-17,19-20H2,1-8H3,(H,50,51)(H,52,53)(H,54,55)(H,56,57)(H,58,59)(H,60,61)(H,62,63)/b27-18-,36-21-,39-22-/t23-,24-,25-,26+,38?,40-,42-,43+,44+,45+/m1/s1/i6+2,7+2. The van der Waals surface area contributed by atoms with Gasteiger partial charge in [0.05, 0.1) is 24.8 Å². The molecule has 346 valence electrons. The molecule has 0 aliphatic carbocycles. The van der Waals surface area contributed by atoms with Crippen molar-refractivity contribution in [1.82, 2.24) is 10.6 Å². The van der Waals surface area contributed by atoms with E-state index in [9.17, 15) is 69.3 Å². The van der Waals surface area contributed by atoms with Gasteiger partial charge in [-0.2, -0.15) is 0 Å². The number of fused-ring (bicyclic) bond motifs is 7. The minimum absolute atomic E-state index is 0.0111. The molecule has 63 heavy (non-hydrogen) atoms. The number of carbonyl (C=O) groups is 7. The van der Waals surface area contributed by atoms with E-state index in [1.165, 1.54) is 0 Å². The molecule has 5 aliphatic rings. The molecule has 0 aromatic heterocycles. The lowest BCUT2D eigenvalue weighted by molar-refractivity contribution is -0.144. The highest BCUT2D eigenvalue weighted by Gasteiger charge is 2.67. The Morgan fingerprint density at radius 1 is 0.698 bits per heavy atom. The van der Waals surface area contributed by atoms with E-state index in [2.05, 4.69) is 10.6 Å². The summed E-state index contributed by atoms with van der Waals surface area (Å²) in [6, 6.07) is -1.79. The molecule has 2 fully saturated rings. The van der Waals surface area contributed by atoms with Crippen molar-refractivity contribution in [3.8, 4) is 0 Å². The normalized spacial score (nSPS) is 37.4. The third-order valence-electron chi connectivity index (χ3n) is 15.7. The summed E-state index contributed by atoms with van der Waals surface area (Å²) in [4.78, 5) is 98.5. The maximum atomic E-state index is 13.1. The monoisotopic (exact) mass is 886 g/mol. The average molecular weight is 887 g/mol. The Balaban J connectivity index is 2.01. The lowest BCUT2D eigenvalue weighted by Gasteiger charge is -2.48. The summed E-state index contributed by atoms with van der Waals surface area (Å²) in [5, 5.41) is 78.8. The van der Waals surface area contributed by atoms with Crippen molar-refractivity contribution in [3.63, 3.8) is 0 Å². The van der Waals surface area contributed by atoms with Crippen LogP contribution < -0.4 is 10.6 Å². The number of nitrogens with zero attached hydrogens (tertiary/aromatic N) is 2. The smallest absolute Gasteiger partial charge is 0.304 e. The lowest BCUT2D eigenvalue weighted by Crippen LogP contribution is -2.59. The third kappa shape index (κ3) is 8.66. The summed E-state index contributed by atoms with van der Waals surface area (Å²) in [5.41, 5.74) is -3.32. The average Bonchev–Trinajstić information content (AvgIpc) is 3.75. The topological polar surface area (TPSA) is 310 Å². The second-order valence-electron chi connectivity index (χ2n) is 19.8. The highest BCUT2D eigenvalue weighted by molar-refractivity contribution is 6.06. The molecule has 9 N–H and O–H groups in total. The molecule has 18 heteroatoms. The van der Waals surface area contributed by atoms with Gasteiger partial charge in [0.25, 0.3) is 0 Å². The Bertz CT molecular complexity index is 2150. The van der Waals surface area contributed by atoms with Crippen LogP contribution in [0.2, 0.25) is 0 Å². The van der Waals surface area contributed by atoms with E-state index < -0.39 is 130 Å². The number of carboxylic acid groups (broad SMARTS) is 7. The highest BCUT2D eigenvalue weighted by atomic mass is 16.4. The SMILES string of the molecule is C/C1=C2/N/C(=C\C3=NC(=C(/C)C4N[C@H]([C@H](CC(=O)O)[C@@]4(C)CCC(=O)O)[C@]4(C)N=C1[C@@H](CCC(=O)O)[C@]4([14CH3])CC(=O)O)/[C@@H](CCC(=O)O)C3(C)C)[C@@H](CCC(=O)O)[C@]2([14CH3])CC(=O)O. The molecule has 5 rings (SSSR count). The highest BCUT2D eigenvalue weighted by Crippen LogP contribution is 2.62. The minimum Gasteiger partial charge on any atom is -0.481 e. The number of rotatable bonds is 18. The first-order valence-electron chi connectivity index (χ1n) is 21.4. The van der Waals surface area contributed by atoms with Crippen LogP contribution in [-0.4, -0.2) is 107 Å². The van der Waals surface area contributed by atoms with E-state index in [-0.39, 0.29) is 44.9 Å². The fourth-order valence-electron chi connectivity index (χ4n) is 12.2. The zero-order chi connectivity index (χ0) is 47.4. The number of nitrogens with one attached hydrogen (secondary N) is 2. The molecule has 1 unspecified atom stereocenters. The molecule has 0 aromatic rings. The van der Waals surface area contributed by atoms with Gasteiger partial charge in [-0.15, -0.1) is 0 Å². The van der Waals surface area contributed by atoms with Crippen molar-refractivity contribution in [2.75, 3.05) is 0 Å². The molecule has 5 aliphatic heterocycles. The third-order valence-corrected chi connectivity index (χ3v) is 15.7. The summed E-state index contributed by atoms with van der Waals surface area (Å²) in [6.07, 6.45) is -1.13. The Kier molecular flexibility index (Phi) is 13.4. The maximum Gasteiger partial charge on any atom is 0.304 e. The summed E-state index contributed by atoms with van der Waals surface area (Å²) < 4.78 is 0. The van der Waals surface area contributed by atoms with Gasteiger partial charge < -0.3 is 46.4 Å². The van der Waals surface area contributed by atoms with Crippen LogP contribution in [0.5, 0.6) is 0 Å². The summed E-state index contributed by atoms with van der Waals surface area (Å²) >= 11 is 0. The number of aliphatic imine (C=N–C) groups is 2. The summed E-state index contributed by atoms with van der Waals surface area (Å²) in [6.45, 7) is 14.2. The van der Waals surface area contributed by atoms with E-state index in [0.717, 1.165) is 0 Å². The molecule has 10 atom stereocenters. The van der Waals surface area contributed by atoms with Crippen LogP contribution in [-0.2, 0) is 33.6 Å². The largest absolute Gasteiger partial charge is 0.481 e. The Morgan fingerprint density at radius 3 is 1.73 bits per heavy atom. The van der Waals surface area contributed by atoms with Gasteiger partial charge in [-0.1, -0.05) is 34.6 Å². The fourth-order valence-corrected chi connectivity index (χ4v) is 12.2. The van der Waals surface area contributed by atoms with Crippen LogP contribution in [0.3, 0.4) is 0 Å². The van der Waals surface area contributed by atoms with Crippen LogP contribution >= 0.6 is 0 Å². The number of hydrogen-bond acceptors (Lipinski definition) is 11. The van der Waals surface area contributed by atoms with Crippen molar-refractivity contribution in [1.29, 1.82) is 0 Å². The van der Waals surface area contributed by atoms with Gasteiger partial charge in [0.15, 0.2) is 0 Å². The molecule has 18 nitrogen and oxygen atoms in total. The molecule has 8 bridgehead atoms. The number of aliphatic carboxylic acids is 7. The first kappa shape index (κ1) is 48.6. The fraction of sp³-hybridized carbons (Fsp3) is 0.667. The van der Waals surface area contributed by atoms with E-state index in [0.29, 0.717) is 39.7 Å². The van der Waals surface area contributed by atoms with Crippen molar-refractivity contribution < 1.29 is 69.3 Å². The second-order valence-corrected chi connectivity index (χ2v) is 19.8. The van der Waals surface area contributed by atoms with Crippen molar-refractivity contribution in [2.45, 2.75) is 144 Å². The zero-order valence-corrected chi connectivity index (χ0v) is 37.2. The molecular weight excluding hydrogens is 824 g/mol. The van der Waals surface area contributed by atoms with Crippen molar-refractivity contribution in [2.24, 2.45) is 55.3 Å². The van der Waals surface area contributed by atoms with E-state index >= 15 is 0 Å². The summed E-state index contributed by atoms with van der Waals surface area (Å²) in [7, 11) is 0. The summed E-state index contributed by atoms with van der Waals surface area (Å²) in [5.74, 6) is -11.2. The minimum atomic E-state index is -1.55. The van der Waals surface area contributed by atoms with Crippen LogP contribution in [0.4, 0.5) is 0 Å². The first-order valence-corrected chi connectivity index (χ1v) is 21.4. The molecule has 0 amide bonds. The predicted molar refractivity (Wildman–Crippen MR) is 227 cm³/mol.